The van der Waals surface area contributed by atoms with Crippen molar-refractivity contribution in [2.75, 3.05) is 6.61 Å². The predicted molar refractivity (Wildman–Crippen MR) is 70.7 cm³/mol. The molecule has 3 aliphatic heterocycles. The van der Waals surface area contributed by atoms with Crippen molar-refractivity contribution in [1.29, 1.82) is 0 Å². The van der Waals surface area contributed by atoms with E-state index >= 15 is 0 Å². The molecular formula is C9H13BrN3O7P. The van der Waals surface area contributed by atoms with Crippen molar-refractivity contribution < 1.29 is 33.1 Å². The molecule has 3 rings (SSSR count). The smallest absolute Gasteiger partial charge is 0.386 e. The number of aliphatic hydroxyl groups excluding tert-OH is 1. The third-order valence-corrected chi connectivity index (χ3v) is 5.00. The van der Waals surface area contributed by atoms with Gasteiger partial charge in [-0.1, -0.05) is 15.9 Å². The van der Waals surface area contributed by atoms with Gasteiger partial charge >= 0.3 is 13.9 Å². The van der Waals surface area contributed by atoms with Gasteiger partial charge in [-0.3, -0.25) is 13.9 Å². The number of ether oxygens (including phenoxy) is 1. The quantitative estimate of drug-likeness (QED) is 0.426. The van der Waals surface area contributed by atoms with Crippen molar-refractivity contribution in [3.63, 3.8) is 0 Å². The van der Waals surface area contributed by atoms with Crippen LogP contribution in [0, 0.1) is 0 Å². The minimum atomic E-state index is -4.20. The minimum Gasteiger partial charge on any atom is -0.386 e. The monoisotopic (exact) mass is 385 g/mol. The molecule has 0 aromatic rings. The SMILES string of the molecule is NC1NC(=O)N([C@@H]2O[C@@H]3COP(=O)(O)O[C@H]3[C@H]2O)C=C1Br. The lowest BCUT2D eigenvalue weighted by molar-refractivity contribution is -0.0750. The topological polar surface area (TPSA) is 144 Å². The van der Waals surface area contributed by atoms with Gasteiger partial charge in [-0.25, -0.2) is 9.36 Å². The Balaban J connectivity index is 1.82. The number of nitrogens with zero attached hydrogens (tertiary/aromatic N) is 1. The first-order valence-corrected chi connectivity index (χ1v) is 8.28. The number of carbonyl (C=O) groups excluding carboxylic acids is 1. The molecule has 6 atom stereocenters. The van der Waals surface area contributed by atoms with Crippen LogP contribution in [-0.4, -0.2) is 58.2 Å². The second kappa shape index (κ2) is 5.28. The van der Waals surface area contributed by atoms with Gasteiger partial charge in [0, 0.05) is 10.7 Å². The normalized spacial score (nSPS) is 46.9. The highest BCUT2D eigenvalue weighted by molar-refractivity contribution is 9.11. The lowest BCUT2D eigenvalue weighted by Gasteiger charge is -2.33. The van der Waals surface area contributed by atoms with Crippen LogP contribution in [0.5, 0.6) is 0 Å². The van der Waals surface area contributed by atoms with Crippen LogP contribution in [0.25, 0.3) is 0 Å². The molecular weight excluding hydrogens is 373 g/mol. The molecule has 10 nitrogen and oxygen atoms in total. The van der Waals surface area contributed by atoms with E-state index in [1.165, 1.54) is 6.20 Å². The number of rotatable bonds is 1. The Morgan fingerprint density at radius 1 is 1.57 bits per heavy atom. The van der Waals surface area contributed by atoms with Gasteiger partial charge in [-0.15, -0.1) is 0 Å². The van der Waals surface area contributed by atoms with E-state index in [0.29, 0.717) is 4.48 Å². The zero-order chi connectivity index (χ0) is 15.4. The average molecular weight is 386 g/mol. The van der Waals surface area contributed by atoms with Crippen LogP contribution < -0.4 is 11.1 Å². The number of nitrogens with two attached hydrogens (primary N) is 1. The molecule has 12 heteroatoms. The fourth-order valence-electron chi connectivity index (χ4n) is 2.30. The number of hydrogen-bond donors (Lipinski definition) is 4. The molecule has 21 heavy (non-hydrogen) atoms. The number of fused-ring (bicyclic) bond motifs is 1. The van der Waals surface area contributed by atoms with Gasteiger partial charge in [0.15, 0.2) is 6.23 Å². The number of aliphatic hydroxyl groups is 1. The summed E-state index contributed by atoms with van der Waals surface area (Å²) in [4.78, 5) is 22.3. The Kier molecular flexibility index (Phi) is 3.87. The third-order valence-electron chi connectivity index (χ3n) is 3.31. The largest absolute Gasteiger partial charge is 0.472 e. The van der Waals surface area contributed by atoms with Gasteiger partial charge in [0.1, 0.15) is 24.5 Å². The molecule has 2 unspecified atom stereocenters. The van der Waals surface area contributed by atoms with Crippen LogP contribution in [0.3, 0.4) is 0 Å². The second-order valence-corrected chi connectivity index (χ2v) is 7.06. The highest BCUT2D eigenvalue weighted by atomic mass is 79.9. The highest BCUT2D eigenvalue weighted by Crippen LogP contribution is 2.51. The van der Waals surface area contributed by atoms with Gasteiger partial charge in [-0.2, -0.15) is 0 Å². The lowest BCUT2D eigenvalue weighted by Crippen LogP contribution is -2.56. The number of hydrogen-bond acceptors (Lipinski definition) is 7. The number of halogens is 1. The molecule has 0 aliphatic carbocycles. The van der Waals surface area contributed by atoms with E-state index < -0.39 is 44.6 Å². The molecule has 0 aromatic heterocycles. The zero-order valence-corrected chi connectivity index (χ0v) is 12.9. The molecule has 118 valence electrons. The Hall–Kier alpha value is -0.520. The molecule has 0 spiro atoms. The van der Waals surface area contributed by atoms with E-state index in [1.807, 2.05) is 0 Å². The van der Waals surface area contributed by atoms with Crippen LogP contribution in [0.2, 0.25) is 0 Å². The van der Waals surface area contributed by atoms with Crippen molar-refractivity contribution >= 4 is 29.8 Å². The summed E-state index contributed by atoms with van der Waals surface area (Å²) in [5, 5.41) is 12.7. The Bertz CT molecular complexity index is 545. The van der Waals surface area contributed by atoms with Crippen LogP contribution >= 0.6 is 23.8 Å². The first-order valence-electron chi connectivity index (χ1n) is 5.99. The van der Waals surface area contributed by atoms with E-state index in [-0.39, 0.29) is 6.61 Å². The number of carbonyl (C=O) groups is 1. The van der Waals surface area contributed by atoms with Gasteiger partial charge in [0.05, 0.1) is 6.61 Å². The predicted octanol–water partition coefficient (Wildman–Crippen LogP) is -0.866. The van der Waals surface area contributed by atoms with Crippen molar-refractivity contribution in [3.8, 4) is 0 Å². The molecule has 0 saturated carbocycles. The molecule has 5 N–H and O–H groups in total. The van der Waals surface area contributed by atoms with Crippen LogP contribution in [0.4, 0.5) is 4.79 Å². The molecule has 2 amide bonds. The van der Waals surface area contributed by atoms with Gasteiger partial charge in [0.25, 0.3) is 0 Å². The summed E-state index contributed by atoms with van der Waals surface area (Å²) in [5.74, 6) is 0. The zero-order valence-electron chi connectivity index (χ0n) is 10.5. The number of phosphoric acid groups is 1. The Labute approximate surface area is 127 Å². The van der Waals surface area contributed by atoms with Crippen molar-refractivity contribution in [2.45, 2.75) is 30.7 Å². The first-order chi connectivity index (χ1) is 9.78. The van der Waals surface area contributed by atoms with Crippen LogP contribution in [-0.2, 0) is 18.3 Å². The summed E-state index contributed by atoms with van der Waals surface area (Å²) < 4.78 is 26.8. The molecule has 3 aliphatic rings. The van der Waals surface area contributed by atoms with E-state index in [2.05, 4.69) is 25.8 Å². The van der Waals surface area contributed by atoms with E-state index in [9.17, 15) is 19.4 Å². The van der Waals surface area contributed by atoms with Gasteiger partial charge in [0.2, 0.25) is 0 Å². The molecule has 0 radical (unpaired) electrons. The van der Waals surface area contributed by atoms with Crippen molar-refractivity contribution in [2.24, 2.45) is 5.73 Å². The van der Waals surface area contributed by atoms with Gasteiger partial charge < -0.3 is 25.8 Å². The Morgan fingerprint density at radius 3 is 3.00 bits per heavy atom. The summed E-state index contributed by atoms with van der Waals surface area (Å²) in [6.07, 6.45) is -3.51. The molecule has 2 saturated heterocycles. The third kappa shape index (κ3) is 2.76. The van der Waals surface area contributed by atoms with Crippen LogP contribution in [0.1, 0.15) is 0 Å². The highest BCUT2D eigenvalue weighted by Gasteiger charge is 2.54. The average Bonchev–Trinajstić information content (AvgIpc) is 2.70. The van der Waals surface area contributed by atoms with Crippen molar-refractivity contribution in [1.82, 2.24) is 10.2 Å². The van der Waals surface area contributed by atoms with E-state index in [4.69, 9.17) is 15.0 Å². The maximum atomic E-state index is 11.9. The summed E-state index contributed by atoms with van der Waals surface area (Å²) >= 11 is 3.19. The van der Waals surface area contributed by atoms with E-state index in [0.717, 1.165) is 4.90 Å². The standard InChI is InChI=1S/C9H13BrN3O7P/c10-3-1-13(9(15)12-7(3)11)8-5(14)6-4(19-8)2-18-21(16,17)20-6/h1,4-8,14H,2,11H2,(H,12,15)(H,16,17)/t4-,5-,6-,7?,8-/m1/s1. The molecule has 0 bridgehead atoms. The number of urea groups is 1. The van der Waals surface area contributed by atoms with E-state index in [1.54, 1.807) is 0 Å². The second-order valence-electron chi connectivity index (χ2n) is 4.74. The first kappa shape index (κ1) is 15.4. The fraction of sp³-hybridized carbons (Fsp3) is 0.667. The maximum Gasteiger partial charge on any atom is 0.472 e. The maximum absolute atomic E-state index is 11.9. The number of phosphoric ester groups is 1. The summed E-state index contributed by atoms with van der Waals surface area (Å²) in [5.41, 5.74) is 5.62. The van der Waals surface area contributed by atoms with Crippen molar-refractivity contribution in [3.05, 3.63) is 10.7 Å². The molecule has 0 aromatic carbocycles. The summed E-state index contributed by atoms with van der Waals surface area (Å²) in [7, 11) is -4.20. The summed E-state index contributed by atoms with van der Waals surface area (Å²) in [6.45, 7) is -0.216. The van der Waals surface area contributed by atoms with Gasteiger partial charge in [-0.05, 0) is 0 Å². The molecule has 2 fully saturated rings. The Morgan fingerprint density at radius 2 is 2.29 bits per heavy atom. The molecule has 3 heterocycles. The minimum absolute atomic E-state index is 0.216. The number of amides is 2. The lowest BCUT2D eigenvalue weighted by atomic mass is 10.1. The van der Waals surface area contributed by atoms with Crippen LogP contribution in [0.15, 0.2) is 10.7 Å². The number of nitrogens with one attached hydrogen (secondary N) is 1. The summed E-state index contributed by atoms with van der Waals surface area (Å²) in [6, 6.07) is -0.568. The fourth-order valence-corrected chi connectivity index (χ4v) is 3.60.